The summed E-state index contributed by atoms with van der Waals surface area (Å²) in [7, 11) is 2.20. The van der Waals surface area contributed by atoms with Crippen molar-refractivity contribution in [2.45, 2.75) is 22.4 Å². The number of aromatic nitrogens is 2. The normalized spacial score (nSPS) is 18.9. The second-order valence-corrected chi connectivity index (χ2v) is 6.95. The lowest BCUT2D eigenvalue weighted by atomic mass is 10.1. The van der Waals surface area contributed by atoms with Gasteiger partial charge >= 0.3 is 0 Å². The molecule has 90 valence electrons. The van der Waals surface area contributed by atoms with Crippen LogP contribution in [0.3, 0.4) is 0 Å². The van der Waals surface area contributed by atoms with E-state index in [1.54, 1.807) is 11.3 Å². The zero-order valence-corrected chi connectivity index (χ0v) is 11.4. The van der Waals surface area contributed by atoms with Gasteiger partial charge in [0.15, 0.2) is 4.34 Å². The van der Waals surface area contributed by atoms with Crippen LogP contribution < -0.4 is 0 Å². The number of fused-ring (bicyclic) bond motifs is 1. The average Bonchev–Trinajstić information content (AvgIpc) is 2.74. The van der Waals surface area contributed by atoms with Gasteiger partial charge in [0.1, 0.15) is 10.3 Å². The summed E-state index contributed by atoms with van der Waals surface area (Å²) in [5.74, 6) is 0. The van der Waals surface area contributed by atoms with Crippen LogP contribution in [0.5, 0.6) is 0 Å². The lowest BCUT2D eigenvalue weighted by Crippen LogP contribution is -2.31. The smallest absolute Gasteiger partial charge is 0.152 e. The summed E-state index contributed by atoms with van der Waals surface area (Å²) in [5, 5.41) is 0.728. The molecule has 0 aromatic carbocycles. The highest BCUT2D eigenvalue weighted by Crippen LogP contribution is 2.34. The third kappa shape index (κ3) is 2.61. The van der Waals surface area contributed by atoms with Gasteiger partial charge < -0.3 is 4.90 Å². The van der Waals surface area contributed by atoms with Crippen LogP contribution in [0.15, 0.2) is 22.7 Å². The van der Waals surface area contributed by atoms with Crippen LogP contribution in [0.4, 0.5) is 0 Å². The summed E-state index contributed by atoms with van der Waals surface area (Å²) in [6.45, 7) is 2.42. The van der Waals surface area contributed by atoms with Gasteiger partial charge in [-0.25, -0.2) is 9.97 Å². The molecule has 0 radical (unpaired) electrons. The molecule has 0 bridgehead atoms. The molecule has 3 nitrogen and oxygen atoms in total. The van der Waals surface area contributed by atoms with E-state index < -0.39 is 0 Å². The van der Waals surface area contributed by atoms with Crippen molar-refractivity contribution < 1.29 is 0 Å². The van der Waals surface area contributed by atoms with E-state index in [0.29, 0.717) is 0 Å². The zero-order valence-electron chi connectivity index (χ0n) is 9.80. The number of nitrogens with zero attached hydrogens (tertiary/aromatic N) is 3. The molecule has 1 fully saturated rings. The molecule has 17 heavy (non-hydrogen) atoms. The van der Waals surface area contributed by atoms with E-state index in [2.05, 4.69) is 21.9 Å². The van der Waals surface area contributed by atoms with Crippen LogP contribution in [0.1, 0.15) is 12.8 Å². The van der Waals surface area contributed by atoms with Gasteiger partial charge in [-0.1, -0.05) is 23.1 Å². The summed E-state index contributed by atoms with van der Waals surface area (Å²) in [6.07, 6.45) is 4.37. The molecule has 0 unspecified atom stereocenters. The first-order valence-corrected chi connectivity index (χ1v) is 7.57. The Labute approximate surface area is 109 Å². The van der Waals surface area contributed by atoms with Crippen molar-refractivity contribution in [3.8, 4) is 0 Å². The molecule has 5 heteroatoms. The largest absolute Gasteiger partial charge is 0.306 e. The minimum absolute atomic E-state index is 0.728. The molecular weight excluding hydrogens is 250 g/mol. The van der Waals surface area contributed by atoms with Crippen LogP contribution in [0.2, 0.25) is 0 Å². The SMILES string of the molecule is CN1CCC(Sc2nc3cccnc3s2)CC1. The Kier molecular flexibility index (Phi) is 3.31. The standard InChI is InChI=1S/C12H15N3S2/c1-15-7-4-9(5-8-15)16-12-14-10-3-2-6-13-11(10)17-12/h2-3,6,9H,4-5,7-8H2,1H3. The second kappa shape index (κ2) is 4.92. The first-order valence-electron chi connectivity index (χ1n) is 5.88. The first kappa shape index (κ1) is 11.4. The fraction of sp³-hybridized carbons (Fsp3) is 0.500. The van der Waals surface area contributed by atoms with Gasteiger partial charge in [-0.15, -0.1) is 0 Å². The van der Waals surface area contributed by atoms with Gasteiger partial charge in [0, 0.05) is 11.4 Å². The Bertz CT molecular complexity index is 470. The van der Waals surface area contributed by atoms with Gasteiger partial charge in [-0.2, -0.15) is 0 Å². The fourth-order valence-electron chi connectivity index (χ4n) is 2.05. The highest BCUT2D eigenvalue weighted by atomic mass is 32.2. The molecule has 1 aliphatic heterocycles. The van der Waals surface area contributed by atoms with Crippen molar-refractivity contribution in [2.75, 3.05) is 20.1 Å². The minimum atomic E-state index is 0.728. The van der Waals surface area contributed by atoms with E-state index >= 15 is 0 Å². The average molecular weight is 265 g/mol. The van der Waals surface area contributed by atoms with Crippen molar-refractivity contribution >= 4 is 33.4 Å². The lowest BCUT2D eigenvalue weighted by Gasteiger charge is -2.27. The number of piperidine rings is 1. The number of hydrogen-bond acceptors (Lipinski definition) is 5. The summed E-state index contributed by atoms with van der Waals surface area (Å²) in [6, 6.07) is 3.99. The molecular formula is C12H15N3S2. The molecule has 0 atom stereocenters. The highest BCUT2D eigenvalue weighted by molar-refractivity contribution is 8.01. The van der Waals surface area contributed by atoms with Crippen molar-refractivity contribution in [3.63, 3.8) is 0 Å². The maximum absolute atomic E-state index is 4.63. The third-order valence-electron chi connectivity index (χ3n) is 3.08. The van der Waals surface area contributed by atoms with Crippen molar-refractivity contribution in [3.05, 3.63) is 18.3 Å². The quantitative estimate of drug-likeness (QED) is 0.835. The second-order valence-electron chi connectivity index (χ2n) is 4.43. The molecule has 0 amide bonds. The Hall–Kier alpha value is -0.650. The summed E-state index contributed by atoms with van der Waals surface area (Å²) in [4.78, 5) is 12.4. The van der Waals surface area contributed by atoms with Crippen LogP contribution >= 0.6 is 23.1 Å². The van der Waals surface area contributed by atoms with Gasteiger partial charge in [0.05, 0.1) is 0 Å². The molecule has 0 aliphatic carbocycles. The van der Waals surface area contributed by atoms with E-state index in [1.807, 2.05) is 30.1 Å². The number of pyridine rings is 1. The van der Waals surface area contributed by atoms with Crippen LogP contribution in [0, 0.1) is 0 Å². The van der Waals surface area contributed by atoms with Crippen LogP contribution in [0.25, 0.3) is 10.3 Å². The topological polar surface area (TPSA) is 29.0 Å². The Morgan fingerprint density at radius 1 is 1.41 bits per heavy atom. The van der Waals surface area contributed by atoms with E-state index in [9.17, 15) is 0 Å². The summed E-state index contributed by atoms with van der Waals surface area (Å²) in [5.41, 5.74) is 1.04. The highest BCUT2D eigenvalue weighted by Gasteiger charge is 2.19. The van der Waals surface area contributed by atoms with E-state index in [-0.39, 0.29) is 0 Å². The molecule has 1 aliphatic rings. The number of likely N-dealkylation sites (tertiary alicyclic amines) is 1. The monoisotopic (exact) mass is 265 g/mol. The summed E-state index contributed by atoms with van der Waals surface area (Å²) >= 11 is 3.65. The fourth-order valence-corrected chi connectivity index (χ4v) is 4.41. The maximum Gasteiger partial charge on any atom is 0.152 e. The Balaban J connectivity index is 1.72. The molecule has 0 spiro atoms. The third-order valence-corrected chi connectivity index (χ3v) is 5.49. The van der Waals surface area contributed by atoms with Crippen LogP contribution in [-0.4, -0.2) is 40.3 Å². The van der Waals surface area contributed by atoms with Crippen molar-refractivity contribution in [2.24, 2.45) is 0 Å². The van der Waals surface area contributed by atoms with E-state index in [1.165, 1.54) is 30.3 Å². The van der Waals surface area contributed by atoms with Crippen LogP contribution in [-0.2, 0) is 0 Å². The van der Waals surface area contributed by atoms with E-state index in [4.69, 9.17) is 0 Å². The number of thioether (sulfide) groups is 1. The molecule has 0 saturated carbocycles. The lowest BCUT2D eigenvalue weighted by molar-refractivity contribution is 0.282. The molecule has 3 rings (SSSR count). The molecule has 1 saturated heterocycles. The number of hydrogen-bond donors (Lipinski definition) is 0. The van der Waals surface area contributed by atoms with Gasteiger partial charge in [0.25, 0.3) is 0 Å². The van der Waals surface area contributed by atoms with Gasteiger partial charge in [-0.05, 0) is 45.1 Å². The van der Waals surface area contributed by atoms with Crippen molar-refractivity contribution in [1.29, 1.82) is 0 Å². The predicted octanol–water partition coefficient (Wildman–Crippen LogP) is 2.88. The van der Waals surface area contributed by atoms with Gasteiger partial charge in [0.2, 0.25) is 0 Å². The first-order chi connectivity index (χ1) is 8.31. The maximum atomic E-state index is 4.63. The minimum Gasteiger partial charge on any atom is -0.306 e. The molecule has 2 aromatic rings. The predicted molar refractivity (Wildman–Crippen MR) is 73.8 cm³/mol. The molecule has 2 aromatic heterocycles. The molecule has 0 N–H and O–H groups in total. The van der Waals surface area contributed by atoms with E-state index in [0.717, 1.165) is 15.6 Å². The van der Waals surface area contributed by atoms with Crippen molar-refractivity contribution in [1.82, 2.24) is 14.9 Å². The number of thiazole rings is 1. The van der Waals surface area contributed by atoms with Gasteiger partial charge in [-0.3, -0.25) is 0 Å². The molecule has 3 heterocycles. The zero-order chi connectivity index (χ0) is 11.7. The number of rotatable bonds is 2. The Morgan fingerprint density at radius 3 is 3.00 bits per heavy atom. The summed E-state index contributed by atoms with van der Waals surface area (Å²) < 4.78 is 1.17. The Morgan fingerprint density at radius 2 is 2.24 bits per heavy atom.